The van der Waals surface area contributed by atoms with Crippen molar-refractivity contribution in [1.82, 2.24) is 4.37 Å². The zero-order valence-corrected chi connectivity index (χ0v) is 13.6. The van der Waals surface area contributed by atoms with Crippen molar-refractivity contribution in [1.29, 1.82) is 0 Å². The van der Waals surface area contributed by atoms with Crippen LogP contribution in [0.1, 0.15) is 15.3 Å². The first kappa shape index (κ1) is 14.1. The van der Waals surface area contributed by atoms with Gasteiger partial charge in [-0.05, 0) is 42.6 Å². The molecule has 0 amide bonds. The fourth-order valence-electron chi connectivity index (χ4n) is 2.21. The summed E-state index contributed by atoms with van der Waals surface area (Å²) in [6.45, 7) is 5.11. The van der Waals surface area contributed by atoms with E-state index in [0.29, 0.717) is 5.82 Å². The Hall–Kier alpha value is -1.85. The van der Waals surface area contributed by atoms with Gasteiger partial charge in [-0.1, -0.05) is 30.3 Å². The van der Waals surface area contributed by atoms with Crippen molar-refractivity contribution in [2.45, 2.75) is 20.4 Å². The second-order valence-electron chi connectivity index (χ2n) is 4.94. The molecule has 2 heterocycles. The van der Waals surface area contributed by atoms with Crippen molar-refractivity contribution in [3.63, 3.8) is 0 Å². The summed E-state index contributed by atoms with van der Waals surface area (Å²) in [7, 11) is 0. The lowest BCUT2D eigenvalue weighted by Gasteiger charge is -2.06. The van der Waals surface area contributed by atoms with Crippen molar-refractivity contribution in [2.75, 3.05) is 11.1 Å². The number of hydrogen-bond acceptors (Lipinski definition) is 5. The normalized spacial score (nSPS) is 10.8. The number of nitrogens with one attached hydrogen (secondary N) is 1. The number of hydrogen-bond donors (Lipinski definition) is 2. The molecular weight excluding hydrogens is 298 g/mol. The largest absolute Gasteiger partial charge is 0.382 e. The summed E-state index contributed by atoms with van der Waals surface area (Å²) < 4.78 is 4.29. The van der Waals surface area contributed by atoms with E-state index in [1.165, 1.54) is 26.9 Å². The highest BCUT2D eigenvalue weighted by molar-refractivity contribution is 7.12. The molecule has 0 atom stereocenters. The average molecular weight is 315 g/mol. The summed E-state index contributed by atoms with van der Waals surface area (Å²) in [6.07, 6.45) is 0. The lowest BCUT2D eigenvalue weighted by molar-refractivity contribution is 1.20. The molecule has 0 aliphatic rings. The summed E-state index contributed by atoms with van der Waals surface area (Å²) in [5.41, 5.74) is 9.49. The van der Waals surface area contributed by atoms with E-state index < -0.39 is 0 Å². The molecule has 0 bridgehead atoms. The number of nitrogens with two attached hydrogens (primary N) is 1. The lowest BCUT2D eigenvalue weighted by Crippen LogP contribution is -1.97. The molecule has 3 rings (SSSR count). The van der Waals surface area contributed by atoms with Gasteiger partial charge < -0.3 is 11.1 Å². The number of nitrogens with zero attached hydrogens (tertiary/aromatic N) is 1. The van der Waals surface area contributed by atoms with Gasteiger partial charge in [-0.25, -0.2) is 0 Å². The first-order chi connectivity index (χ1) is 10.1. The summed E-state index contributed by atoms with van der Waals surface area (Å²) in [6, 6.07) is 12.4. The molecule has 1 aromatic carbocycles. The van der Waals surface area contributed by atoms with Gasteiger partial charge in [0, 0.05) is 9.75 Å². The third kappa shape index (κ3) is 2.94. The minimum absolute atomic E-state index is 0.590. The van der Waals surface area contributed by atoms with Crippen LogP contribution in [0.15, 0.2) is 36.4 Å². The van der Waals surface area contributed by atoms with Crippen LogP contribution < -0.4 is 11.1 Å². The molecule has 21 heavy (non-hydrogen) atoms. The van der Waals surface area contributed by atoms with Gasteiger partial charge in [0.05, 0.1) is 12.1 Å². The predicted molar refractivity (Wildman–Crippen MR) is 93.1 cm³/mol. The molecule has 3 aromatic rings. The van der Waals surface area contributed by atoms with Gasteiger partial charge in [0.15, 0.2) is 0 Å². The first-order valence-electron chi connectivity index (χ1n) is 6.75. The van der Waals surface area contributed by atoms with Gasteiger partial charge in [-0.15, -0.1) is 11.3 Å². The van der Waals surface area contributed by atoms with Crippen LogP contribution in [-0.4, -0.2) is 4.37 Å². The predicted octanol–water partition coefficient (Wildman–Crippen LogP) is 4.68. The molecular formula is C16H17N3S2. The van der Waals surface area contributed by atoms with Gasteiger partial charge >= 0.3 is 0 Å². The molecule has 0 fully saturated rings. The zero-order chi connectivity index (χ0) is 14.8. The molecule has 0 aliphatic carbocycles. The topological polar surface area (TPSA) is 50.9 Å². The number of rotatable bonds is 4. The van der Waals surface area contributed by atoms with Crippen LogP contribution >= 0.6 is 22.9 Å². The third-order valence-corrected chi connectivity index (χ3v) is 5.39. The molecule has 108 valence electrons. The van der Waals surface area contributed by atoms with Gasteiger partial charge in [-0.3, -0.25) is 0 Å². The zero-order valence-electron chi connectivity index (χ0n) is 12.0. The summed E-state index contributed by atoms with van der Waals surface area (Å²) in [5.74, 6) is 0.590. The SMILES string of the molecule is Cc1cc(CNc2snc(N)c2-c2ccccc2)sc1C. The van der Waals surface area contributed by atoms with E-state index in [4.69, 9.17) is 5.73 Å². The number of aromatic nitrogens is 1. The molecule has 2 aromatic heterocycles. The third-order valence-electron chi connectivity index (χ3n) is 3.42. The van der Waals surface area contributed by atoms with Gasteiger partial charge in [0.25, 0.3) is 0 Å². The Kier molecular flexibility index (Phi) is 3.94. The van der Waals surface area contributed by atoms with E-state index in [2.05, 4.69) is 41.7 Å². The van der Waals surface area contributed by atoms with E-state index in [0.717, 1.165) is 22.7 Å². The molecule has 0 spiro atoms. The van der Waals surface area contributed by atoms with Crippen molar-refractivity contribution < 1.29 is 0 Å². The van der Waals surface area contributed by atoms with Crippen LogP contribution in [0.5, 0.6) is 0 Å². The van der Waals surface area contributed by atoms with Crippen LogP contribution in [-0.2, 0) is 6.54 Å². The van der Waals surface area contributed by atoms with E-state index in [1.54, 1.807) is 0 Å². The molecule has 3 N–H and O–H groups in total. The molecule has 0 unspecified atom stereocenters. The Morgan fingerprint density at radius 3 is 2.62 bits per heavy atom. The van der Waals surface area contributed by atoms with Crippen molar-refractivity contribution in [2.24, 2.45) is 0 Å². The second kappa shape index (κ2) is 5.87. The highest BCUT2D eigenvalue weighted by atomic mass is 32.1. The van der Waals surface area contributed by atoms with Crippen molar-refractivity contribution in [3.05, 3.63) is 51.7 Å². The lowest BCUT2D eigenvalue weighted by atomic mass is 10.1. The van der Waals surface area contributed by atoms with Gasteiger partial charge in [-0.2, -0.15) is 4.37 Å². The van der Waals surface area contributed by atoms with Crippen LogP contribution in [0, 0.1) is 13.8 Å². The van der Waals surface area contributed by atoms with Gasteiger partial charge in [0.2, 0.25) is 0 Å². The fraction of sp³-hybridized carbons (Fsp3) is 0.188. The summed E-state index contributed by atoms with van der Waals surface area (Å²) in [5, 5.41) is 4.51. The van der Waals surface area contributed by atoms with Crippen LogP contribution in [0.25, 0.3) is 11.1 Å². The second-order valence-corrected chi connectivity index (χ2v) is 7.06. The quantitative estimate of drug-likeness (QED) is 0.735. The van der Waals surface area contributed by atoms with Crippen LogP contribution in [0.4, 0.5) is 10.8 Å². The summed E-state index contributed by atoms with van der Waals surface area (Å²) >= 11 is 3.25. The molecule has 3 nitrogen and oxygen atoms in total. The average Bonchev–Trinajstić information content (AvgIpc) is 3.01. The maximum atomic E-state index is 6.03. The molecule has 0 saturated carbocycles. The number of aryl methyl sites for hydroxylation is 2. The van der Waals surface area contributed by atoms with Gasteiger partial charge in [0.1, 0.15) is 10.8 Å². The minimum Gasteiger partial charge on any atom is -0.382 e. The number of anilines is 2. The van der Waals surface area contributed by atoms with E-state index in [1.807, 2.05) is 29.5 Å². The highest BCUT2D eigenvalue weighted by Gasteiger charge is 2.13. The molecule has 0 saturated heterocycles. The van der Waals surface area contributed by atoms with E-state index >= 15 is 0 Å². The standard InChI is InChI=1S/C16H17N3S2/c1-10-8-13(20-11(10)2)9-18-16-14(15(17)19-21-16)12-6-4-3-5-7-12/h3-8,18H,9H2,1-2H3,(H2,17,19). The maximum absolute atomic E-state index is 6.03. The maximum Gasteiger partial charge on any atom is 0.147 e. The molecule has 0 aliphatic heterocycles. The Balaban J connectivity index is 1.83. The van der Waals surface area contributed by atoms with Crippen LogP contribution in [0.2, 0.25) is 0 Å². The smallest absolute Gasteiger partial charge is 0.147 e. The fourth-order valence-corrected chi connectivity index (χ4v) is 3.94. The minimum atomic E-state index is 0.590. The Labute approximate surface area is 132 Å². The number of benzene rings is 1. The highest BCUT2D eigenvalue weighted by Crippen LogP contribution is 2.37. The summed E-state index contributed by atoms with van der Waals surface area (Å²) in [4.78, 5) is 2.70. The first-order valence-corrected chi connectivity index (χ1v) is 8.34. The van der Waals surface area contributed by atoms with Crippen molar-refractivity contribution in [3.8, 4) is 11.1 Å². The van der Waals surface area contributed by atoms with Crippen LogP contribution in [0.3, 0.4) is 0 Å². The van der Waals surface area contributed by atoms with E-state index in [9.17, 15) is 0 Å². The number of thiophene rings is 1. The molecule has 0 radical (unpaired) electrons. The van der Waals surface area contributed by atoms with E-state index in [-0.39, 0.29) is 0 Å². The Morgan fingerprint density at radius 2 is 1.95 bits per heavy atom. The van der Waals surface area contributed by atoms with Crippen molar-refractivity contribution >= 4 is 33.7 Å². The number of nitrogen functional groups attached to an aromatic ring is 1. The Bertz CT molecular complexity index is 725. The monoisotopic (exact) mass is 315 g/mol. The molecule has 5 heteroatoms. The Morgan fingerprint density at radius 1 is 1.19 bits per heavy atom.